The topological polar surface area (TPSA) is 96.0 Å². The van der Waals surface area contributed by atoms with Crippen molar-refractivity contribution in [3.05, 3.63) is 53.6 Å². The van der Waals surface area contributed by atoms with E-state index in [0.29, 0.717) is 18.8 Å². The highest BCUT2D eigenvalue weighted by Crippen LogP contribution is 2.34. The highest BCUT2D eigenvalue weighted by atomic mass is 32.2. The summed E-state index contributed by atoms with van der Waals surface area (Å²) in [6.07, 6.45) is -2.88. The highest BCUT2D eigenvalue weighted by molar-refractivity contribution is 7.89. The molecule has 3 rings (SSSR count). The van der Waals surface area contributed by atoms with Crippen LogP contribution in [0.2, 0.25) is 0 Å². The van der Waals surface area contributed by atoms with E-state index in [1.54, 1.807) is 0 Å². The number of amides is 1. The first-order valence-corrected chi connectivity index (χ1v) is 11.8. The molecule has 12 heteroatoms. The molecule has 1 fully saturated rings. The monoisotopic (exact) mass is 499 g/mol. The summed E-state index contributed by atoms with van der Waals surface area (Å²) in [5.41, 5.74) is -1.09. The summed E-state index contributed by atoms with van der Waals surface area (Å²) >= 11 is 0. The maximum atomic E-state index is 13.1. The maximum Gasteiger partial charge on any atom is 0.418 e. The number of hydrogen-bond acceptors (Lipinski definition) is 6. The molecule has 34 heavy (non-hydrogen) atoms. The van der Waals surface area contributed by atoms with Gasteiger partial charge in [0.15, 0.2) is 6.61 Å². The molecule has 184 valence electrons. The van der Waals surface area contributed by atoms with Gasteiger partial charge in [0.1, 0.15) is 0 Å². The van der Waals surface area contributed by atoms with E-state index in [4.69, 9.17) is 4.74 Å². The number of anilines is 2. The zero-order valence-corrected chi connectivity index (χ0v) is 19.4. The Morgan fingerprint density at radius 3 is 2.35 bits per heavy atom. The summed E-state index contributed by atoms with van der Waals surface area (Å²) in [4.78, 5) is 26.8. The first kappa shape index (κ1) is 25.5. The molecule has 0 aliphatic carbocycles. The lowest BCUT2D eigenvalue weighted by atomic mass is 10.1. The lowest BCUT2D eigenvalue weighted by Crippen LogP contribution is -2.26. The fraction of sp³-hybridized carbons (Fsp3) is 0.364. The van der Waals surface area contributed by atoms with Crippen molar-refractivity contribution in [2.75, 3.05) is 44.0 Å². The van der Waals surface area contributed by atoms with Crippen molar-refractivity contribution in [3.8, 4) is 0 Å². The SMILES string of the molecule is CN(C)S(=O)(=O)c1ccc(N2CCCC2)c(C(=O)OCC(=O)Nc2ccccc2C(F)(F)F)c1. The number of carbonyl (C=O) groups is 2. The third-order valence-electron chi connectivity index (χ3n) is 5.25. The normalized spacial score (nSPS) is 14.4. The molecular formula is C22H24F3N3O5S. The smallest absolute Gasteiger partial charge is 0.418 e. The summed E-state index contributed by atoms with van der Waals surface area (Å²) in [5, 5.41) is 2.10. The van der Waals surface area contributed by atoms with Crippen LogP contribution in [0.4, 0.5) is 24.5 Å². The van der Waals surface area contributed by atoms with Gasteiger partial charge in [0.05, 0.1) is 27.4 Å². The molecule has 0 atom stereocenters. The van der Waals surface area contributed by atoms with Crippen molar-refractivity contribution in [2.45, 2.75) is 23.9 Å². The number of hydrogen-bond donors (Lipinski definition) is 1. The summed E-state index contributed by atoms with van der Waals surface area (Å²) < 4.78 is 70.5. The van der Waals surface area contributed by atoms with Gasteiger partial charge in [0, 0.05) is 27.2 Å². The molecule has 0 unspecified atom stereocenters. The molecule has 0 aromatic heterocycles. The second-order valence-electron chi connectivity index (χ2n) is 7.83. The Labute approximate surface area is 195 Å². The van der Waals surface area contributed by atoms with Crippen molar-refractivity contribution in [1.29, 1.82) is 0 Å². The van der Waals surface area contributed by atoms with Crippen LogP contribution in [0.3, 0.4) is 0 Å². The molecule has 8 nitrogen and oxygen atoms in total. The van der Waals surface area contributed by atoms with E-state index in [0.717, 1.165) is 29.3 Å². The highest BCUT2D eigenvalue weighted by Gasteiger charge is 2.33. The minimum Gasteiger partial charge on any atom is -0.452 e. The van der Waals surface area contributed by atoms with Crippen molar-refractivity contribution < 1.29 is 35.9 Å². The number of sulfonamides is 1. The van der Waals surface area contributed by atoms with Crippen LogP contribution in [0.25, 0.3) is 0 Å². The van der Waals surface area contributed by atoms with Crippen LogP contribution < -0.4 is 10.2 Å². The van der Waals surface area contributed by atoms with Gasteiger partial charge in [-0.25, -0.2) is 17.5 Å². The summed E-state index contributed by atoms with van der Waals surface area (Å²) in [6, 6.07) is 8.51. The molecule has 0 bridgehead atoms. The summed E-state index contributed by atoms with van der Waals surface area (Å²) in [5.74, 6) is -1.93. The van der Waals surface area contributed by atoms with E-state index >= 15 is 0 Å². The van der Waals surface area contributed by atoms with Crippen LogP contribution in [-0.4, -0.2) is 58.4 Å². The molecule has 2 aromatic carbocycles. The van der Waals surface area contributed by atoms with Gasteiger partial charge in [-0.05, 0) is 43.2 Å². The zero-order valence-electron chi connectivity index (χ0n) is 18.6. The van der Waals surface area contributed by atoms with Crippen LogP contribution in [0.1, 0.15) is 28.8 Å². The van der Waals surface area contributed by atoms with Gasteiger partial charge < -0.3 is 15.0 Å². The molecule has 1 aliphatic heterocycles. The third-order valence-corrected chi connectivity index (χ3v) is 7.07. The number of para-hydroxylation sites is 1. The van der Waals surface area contributed by atoms with Gasteiger partial charge in [-0.2, -0.15) is 13.2 Å². The molecule has 1 aliphatic rings. The average molecular weight is 500 g/mol. The number of rotatable bonds is 7. The first-order chi connectivity index (χ1) is 15.9. The van der Waals surface area contributed by atoms with Crippen LogP contribution in [0.15, 0.2) is 47.4 Å². The zero-order chi connectivity index (χ0) is 25.1. The summed E-state index contributed by atoms with van der Waals surface area (Å²) in [6.45, 7) is 0.471. The Morgan fingerprint density at radius 1 is 1.09 bits per heavy atom. The van der Waals surface area contributed by atoms with Crippen molar-refractivity contribution in [3.63, 3.8) is 0 Å². The van der Waals surface area contributed by atoms with Gasteiger partial charge >= 0.3 is 12.1 Å². The van der Waals surface area contributed by atoms with E-state index in [1.807, 2.05) is 4.90 Å². The number of nitrogens with one attached hydrogen (secondary N) is 1. The second-order valence-corrected chi connectivity index (χ2v) is 9.98. The predicted octanol–water partition coefficient (Wildman–Crippen LogP) is 3.35. The third kappa shape index (κ3) is 5.68. The Morgan fingerprint density at radius 2 is 1.74 bits per heavy atom. The van der Waals surface area contributed by atoms with E-state index in [-0.39, 0.29) is 10.5 Å². The lowest BCUT2D eigenvalue weighted by molar-refractivity contribution is -0.137. The Hall–Kier alpha value is -3.12. The van der Waals surface area contributed by atoms with Crippen LogP contribution in [0, 0.1) is 0 Å². The minimum atomic E-state index is -4.68. The van der Waals surface area contributed by atoms with E-state index in [9.17, 15) is 31.2 Å². The Bertz CT molecular complexity index is 1180. The number of esters is 1. The number of alkyl halides is 3. The maximum absolute atomic E-state index is 13.1. The van der Waals surface area contributed by atoms with Crippen molar-refractivity contribution >= 4 is 33.3 Å². The van der Waals surface area contributed by atoms with Crippen molar-refractivity contribution in [2.24, 2.45) is 0 Å². The van der Waals surface area contributed by atoms with E-state index in [2.05, 4.69) is 5.32 Å². The molecule has 2 aromatic rings. The number of carbonyl (C=O) groups excluding carboxylic acids is 2. The Balaban J connectivity index is 1.80. The molecular weight excluding hydrogens is 475 g/mol. The van der Waals surface area contributed by atoms with Crippen LogP contribution in [-0.2, 0) is 25.7 Å². The predicted molar refractivity (Wildman–Crippen MR) is 119 cm³/mol. The largest absolute Gasteiger partial charge is 0.452 e. The molecule has 0 spiro atoms. The fourth-order valence-corrected chi connectivity index (χ4v) is 4.45. The number of benzene rings is 2. The number of ether oxygens (including phenoxy) is 1. The van der Waals surface area contributed by atoms with Gasteiger partial charge in [-0.15, -0.1) is 0 Å². The first-order valence-electron chi connectivity index (χ1n) is 10.4. The molecule has 1 N–H and O–H groups in total. The van der Waals surface area contributed by atoms with Gasteiger partial charge in [-0.3, -0.25) is 4.79 Å². The molecule has 0 saturated carbocycles. The van der Waals surface area contributed by atoms with Crippen molar-refractivity contribution in [1.82, 2.24) is 4.31 Å². The minimum absolute atomic E-state index is 0.0479. The number of halogens is 3. The second kappa shape index (κ2) is 10.0. The van der Waals surface area contributed by atoms with Gasteiger partial charge in [0.25, 0.3) is 5.91 Å². The van der Waals surface area contributed by atoms with Crippen LogP contribution >= 0.6 is 0 Å². The fourth-order valence-electron chi connectivity index (χ4n) is 3.52. The number of nitrogens with zero attached hydrogens (tertiary/aromatic N) is 2. The molecule has 0 radical (unpaired) electrons. The lowest BCUT2D eigenvalue weighted by Gasteiger charge is -2.22. The van der Waals surface area contributed by atoms with Crippen LogP contribution in [0.5, 0.6) is 0 Å². The van der Waals surface area contributed by atoms with Gasteiger partial charge in [0.2, 0.25) is 10.0 Å². The molecule has 1 heterocycles. The van der Waals surface area contributed by atoms with Gasteiger partial charge in [-0.1, -0.05) is 12.1 Å². The summed E-state index contributed by atoms with van der Waals surface area (Å²) in [7, 11) is -1.14. The average Bonchev–Trinajstić information content (AvgIpc) is 3.31. The van der Waals surface area contributed by atoms with E-state index < -0.39 is 45.9 Å². The molecule has 1 amide bonds. The molecule has 1 saturated heterocycles. The Kier molecular flexibility index (Phi) is 7.51. The quantitative estimate of drug-likeness (QED) is 0.587. The van der Waals surface area contributed by atoms with E-state index in [1.165, 1.54) is 44.4 Å². The standard InChI is InChI=1S/C22H24F3N3O5S/c1-27(2)34(31,32)15-9-10-19(28-11-5-6-12-28)16(13-15)21(30)33-14-20(29)26-18-8-4-3-7-17(18)22(23,24)25/h3-4,7-10,13H,5-6,11-12,14H2,1-2H3,(H,26,29).